The smallest absolute Gasteiger partial charge is 0.257 e. The highest BCUT2D eigenvalue weighted by molar-refractivity contribution is 9.10. The third-order valence-corrected chi connectivity index (χ3v) is 5.01. The number of nitrogens with one attached hydrogen (secondary N) is 2. The first kappa shape index (κ1) is 20.7. The van der Waals surface area contributed by atoms with Crippen LogP contribution in [0.15, 0.2) is 65.5 Å². The molecule has 2 N–H and O–H groups in total. The summed E-state index contributed by atoms with van der Waals surface area (Å²) < 4.78 is 2.62. The Balaban J connectivity index is 1.49. The summed E-state index contributed by atoms with van der Waals surface area (Å²) in [6, 6.07) is 12.1. The van der Waals surface area contributed by atoms with Crippen LogP contribution in [-0.4, -0.2) is 31.6 Å². The molecule has 156 valence electrons. The number of carbonyl (C=O) groups is 2. The number of carbonyl (C=O) groups excluding carboxylic acids is 2. The standard InChI is InChI=1S/C22H19BrN6O2/c1-13(2)29-20-15(11-26-29)8-16(10-25-20)22(31)27-18-5-3-4-14(9-18)21(30)28-19-7-6-17(23)12-24-19/h3-13H,1-2H3,(H,27,31)(H,24,28,30). The van der Waals surface area contributed by atoms with E-state index in [1.807, 2.05) is 13.8 Å². The number of aromatic nitrogens is 4. The number of benzene rings is 1. The summed E-state index contributed by atoms with van der Waals surface area (Å²) in [6.07, 6.45) is 4.82. The first-order chi connectivity index (χ1) is 14.9. The third kappa shape index (κ3) is 4.61. The van der Waals surface area contributed by atoms with E-state index in [0.717, 1.165) is 15.5 Å². The van der Waals surface area contributed by atoms with Crippen molar-refractivity contribution in [3.8, 4) is 0 Å². The highest BCUT2D eigenvalue weighted by Crippen LogP contribution is 2.19. The van der Waals surface area contributed by atoms with E-state index in [1.165, 1.54) is 6.20 Å². The van der Waals surface area contributed by atoms with E-state index in [0.29, 0.717) is 22.6 Å². The molecule has 0 saturated heterocycles. The number of amides is 2. The van der Waals surface area contributed by atoms with Gasteiger partial charge in [0.15, 0.2) is 5.65 Å². The highest BCUT2D eigenvalue weighted by Gasteiger charge is 2.13. The molecule has 2 amide bonds. The second kappa shape index (κ2) is 8.65. The molecular weight excluding hydrogens is 460 g/mol. The topological polar surface area (TPSA) is 102 Å². The summed E-state index contributed by atoms with van der Waals surface area (Å²) in [5, 5.41) is 10.6. The van der Waals surface area contributed by atoms with Gasteiger partial charge in [0.25, 0.3) is 11.8 Å². The van der Waals surface area contributed by atoms with Gasteiger partial charge in [0.05, 0.1) is 11.8 Å². The average Bonchev–Trinajstić information content (AvgIpc) is 3.19. The van der Waals surface area contributed by atoms with Crippen molar-refractivity contribution < 1.29 is 9.59 Å². The van der Waals surface area contributed by atoms with Gasteiger partial charge in [-0.1, -0.05) is 6.07 Å². The van der Waals surface area contributed by atoms with Crippen LogP contribution in [0.5, 0.6) is 0 Å². The van der Waals surface area contributed by atoms with Crippen molar-refractivity contribution in [3.63, 3.8) is 0 Å². The Labute approximate surface area is 186 Å². The molecule has 1 aromatic carbocycles. The summed E-state index contributed by atoms with van der Waals surface area (Å²) in [7, 11) is 0. The van der Waals surface area contributed by atoms with Gasteiger partial charge in [-0.05, 0) is 66.2 Å². The Bertz CT molecular complexity index is 1270. The van der Waals surface area contributed by atoms with E-state index in [9.17, 15) is 9.59 Å². The van der Waals surface area contributed by atoms with Crippen LogP contribution in [0.25, 0.3) is 11.0 Å². The molecule has 0 saturated carbocycles. The van der Waals surface area contributed by atoms with Crippen LogP contribution >= 0.6 is 15.9 Å². The first-order valence-corrected chi connectivity index (χ1v) is 10.4. The van der Waals surface area contributed by atoms with E-state index in [2.05, 4.69) is 41.6 Å². The molecule has 4 aromatic rings. The van der Waals surface area contributed by atoms with Gasteiger partial charge < -0.3 is 10.6 Å². The van der Waals surface area contributed by atoms with E-state index in [4.69, 9.17) is 0 Å². The predicted molar refractivity (Wildman–Crippen MR) is 122 cm³/mol. The minimum atomic E-state index is -0.324. The number of halogens is 1. The van der Waals surface area contributed by atoms with Crippen molar-refractivity contribution in [1.82, 2.24) is 19.7 Å². The molecule has 0 radical (unpaired) electrons. The fourth-order valence-corrected chi connectivity index (χ4v) is 3.26. The third-order valence-electron chi connectivity index (χ3n) is 4.54. The maximum Gasteiger partial charge on any atom is 0.257 e. The van der Waals surface area contributed by atoms with E-state index >= 15 is 0 Å². The molecule has 9 heteroatoms. The molecule has 3 aromatic heterocycles. The summed E-state index contributed by atoms with van der Waals surface area (Å²) in [5.74, 6) is -0.210. The molecule has 0 unspecified atom stereocenters. The maximum atomic E-state index is 12.7. The molecular formula is C22H19BrN6O2. The molecule has 0 bridgehead atoms. The van der Waals surface area contributed by atoms with Crippen LogP contribution in [0.2, 0.25) is 0 Å². The van der Waals surface area contributed by atoms with Gasteiger partial charge in [0.1, 0.15) is 5.82 Å². The summed E-state index contributed by atoms with van der Waals surface area (Å²) in [4.78, 5) is 33.7. The van der Waals surface area contributed by atoms with E-state index in [-0.39, 0.29) is 17.9 Å². The van der Waals surface area contributed by atoms with E-state index in [1.54, 1.807) is 59.5 Å². The molecule has 8 nitrogen and oxygen atoms in total. The fourth-order valence-electron chi connectivity index (χ4n) is 3.02. The fraction of sp³-hybridized carbons (Fsp3) is 0.136. The molecule has 0 aliphatic heterocycles. The SMILES string of the molecule is CC(C)n1ncc2cc(C(=O)Nc3cccc(C(=O)Nc4ccc(Br)cn4)c3)cnc21. The second-order valence-electron chi connectivity index (χ2n) is 7.17. The number of hydrogen-bond donors (Lipinski definition) is 2. The number of anilines is 2. The van der Waals surface area contributed by atoms with Gasteiger partial charge >= 0.3 is 0 Å². The molecule has 3 heterocycles. The number of nitrogens with zero attached hydrogens (tertiary/aromatic N) is 4. The highest BCUT2D eigenvalue weighted by atomic mass is 79.9. The number of hydrogen-bond acceptors (Lipinski definition) is 5. The summed E-state index contributed by atoms with van der Waals surface area (Å²) in [6.45, 7) is 4.04. The van der Waals surface area contributed by atoms with Crippen molar-refractivity contribution in [2.75, 3.05) is 10.6 Å². The van der Waals surface area contributed by atoms with Crippen molar-refractivity contribution >= 4 is 50.3 Å². The monoisotopic (exact) mass is 478 g/mol. The Hall–Kier alpha value is -3.59. The lowest BCUT2D eigenvalue weighted by atomic mass is 10.1. The second-order valence-corrected chi connectivity index (χ2v) is 8.09. The molecule has 0 spiro atoms. The van der Waals surface area contributed by atoms with Crippen LogP contribution in [0.4, 0.5) is 11.5 Å². The van der Waals surface area contributed by atoms with E-state index < -0.39 is 0 Å². The van der Waals surface area contributed by atoms with Crippen molar-refractivity contribution in [2.24, 2.45) is 0 Å². The summed E-state index contributed by atoms with van der Waals surface area (Å²) >= 11 is 3.30. The Morgan fingerprint density at radius 3 is 2.48 bits per heavy atom. The Kier molecular flexibility index (Phi) is 5.77. The number of pyridine rings is 2. The van der Waals surface area contributed by atoms with Crippen LogP contribution in [-0.2, 0) is 0 Å². The van der Waals surface area contributed by atoms with Gasteiger partial charge in [-0.25, -0.2) is 14.6 Å². The van der Waals surface area contributed by atoms with Crippen LogP contribution in [0, 0.1) is 0 Å². The zero-order valence-electron chi connectivity index (χ0n) is 16.8. The molecule has 0 aliphatic rings. The zero-order valence-corrected chi connectivity index (χ0v) is 18.4. The Morgan fingerprint density at radius 2 is 1.74 bits per heavy atom. The maximum absolute atomic E-state index is 12.7. The largest absolute Gasteiger partial charge is 0.322 e. The predicted octanol–water partition coefficient (Wildman–Crippen LogP) is 4.67. The van der Waals surface area contributed by atoms with Gasteiger partial charge in [0.2, 0.25) is 0 Å². The first-order valence-electron chi connectivity index (χ1n) is 9.58. The lowest BCUT2D eigenvalue weighted by Gasteiger charge is -2.09. The quantitative estimate of drug-likeness (QED) is 0.433. The van der Waals surface area contributed by atoms with Crippen molar-refractivity contribution in [1.29, 1.82) is 0 Å². The van der Waals surface area contributed by atoms with Gasteiger partial charge in [-0.2, -0.15) is 5.10 Å². The normalized spacial score (nSPS) is 11.0. The summed E-state index contributed by atoms with van der Waals surface area (Å²) in [5.41, 5.74) is 2.03. The molecule has 4 rings (SSSR count). The Morgan fingerprint density at radius 1 is 0.935 bits per heavy atom. The van der Waals surface area contributed by atoms with Gasteiger partial charge in [-0.15, -0.1) is 0 Å². The van der Waals surface area contributed by atoms with Crippen molar-refractivity contribution in [3.05, 3.63) is 76.7 Å². The lowest BCUT2D eigenvalue weighted by Crippen LogP contribution is -2.15. The van der Waals surface area contributed by atoms with Crippen LogP contribution in [0.1, 0.15) is 40.6 Å². The number of rotatable bonds is 5. The molecule has 0 atom stereocenters. The molecule has 0 fully saturated rings. The average molecular weight is 479 g/mol. The minimum absolute atomic E-state index is 0.172. The lowest BCUT2D eigenvalue weighted by molar-refractivity contribution is 0.101. The number of fused-ring (bicyclic) bond motifs is 1. The van der Waals surface area contributed by atoms with Crippen LogP contribution < -0.4 is 10.6 Å². The zero-order chi connectivity index (χ0) is 22.0. The van der Waals surface area contributed by atoms with Crippen molar-refractivity contribution in [2.45, 2.75) is 19.9 Å². The van der Waals surface area contributed by atoms with Crippen LogP contribution in [0.3, 0.4) is 0 Å². The molecule has 0 aliphatic carbocycles. The minimum Gasteiger partial charge on any atom is -0.322 e. The molecule has 31 heavy (non-hydrogen) atoms. The van der Waals surface area contributed by atoms with Gasteiger partial charge in [-0.3, -0.25) is 9.59 Å². The van der Waals surface area contributed by atoms with Gasteiger partial charge in [0, 0.05) is 39.5 Å².